The molecule has 0 aromatic carbocycles. The van der Waals surface area contributed by atoms with E-state index >= 15 is 0 Å². The number of ether oxygens (including phenoxy) is 1. The Morgan fingerprint density at radius 1 is 1.32 bits per heavy atom. The zero-order valence-corrected chi connectivity index (χ0v) is 19.6. The van der Waals surface area contributed by atoms with Crippen molar-refractivity contribution in [1.82, 2.24) is 0 Å². The van der Waals surface area contributed by atoms with Crippen LogP contribution in [-0.2, 0) is 19.1 Å². The number of aliphatic hydroxyl groups is 1. The van der Waals surface area contributed by atoms with Gasteiger partial charge in [0.1, 0.15) is 6.61 Å². The number of carbonyl (C=O) groups excluding carboxylic acids is 3. The lowest BCUT2D eigenvalue weighted by Gasteiger charge is -2.60. The summed E-state index contributed by atoms with van der Waals surface area (Å²) in [5, 5.41) is 9.62. The lowest BCUT2D eigenvalue weighted by molar-refractivity contribution is -0.195. The van der Waals surface area contributed by atoms with Crippen molar-refractivity contribution in [2.24, 2.45) is 34.5 Å². The summed E-state index contributed by atoms with van der Waals surface area (Å²) in [5.74, 6) is -0.465. The number of alkyl halides is 1. The highest BCUT2D eigenvalue weighted by Gasteiger charge is 2.72. The standard InChI is InChI=1S/C25H33ClO5/c1-5-21(30)31-25(20(29)13-27)14(2)10-18-17-7-6-15-11-16(28)8-9-23(15,3)22(17)19(26)12-24(18,25)4/h8-9,11,14,17-19,22,27H,5-7,10,12-13H2,1-4H3/t14-,17-,18-,19-,22+,23-,24-,25-/m0/s1. The van der Waals surface area contributed by atoms with E-state index in [4.69, 9.17) is 16.3 Å². The van der Waals surface area contributed by atoms with Crippen LogP contribution in [-0.4, -0.2) is 40.2 Å². The predicted octanol–water partition coefficient (Wildman–Crippen LogP) is 4.01. The van der Waals surface area contributed by atoms with Gasteiger partial charge in [-0.05, 0) is 55.6 Å². The van der Waals surface area contributed by atoms with Gasteiger partial charge in [0, 0.05) is 28.5 Å². The number of Topliss-reactive ketones (excluding diaryl/α,β-unsaturated/α-hetero) is 1. The molecule has 3 fully saturated rings. The number of rotatable bonds is 4. The van der Waals surface area contributed by atoms with E-state index in [0.29, 0.717) is 6.42 Å². The van der Waals surface area contributed by atoms with Crippen LogP contribution < -0.4 is 0 Å². The zero-order chi connectivity index (χ0) is 22.8. The minimum absolute atomic E-state index is 0.0335. The maximum Gasteiger partial charge on any atom is 0.306 e. The Labute approximate surface area is 189 Å². The number of esters is 1. The molecular formula is C25H33ClO5. The largest absolute Gasteiger partial charge is 0.450 e. The fraction of sp³-hybridized carbons (Fsp3) is 0.720. The molecule has 31 heavy (non-hydrogen) atoms. The molecule has 0 spiro atoms. The van der Waals surface area contributed by atoms with Gasteiger partial charge in [0.05, 0.1) is 0 Å². The van der Waals surface area contributed by atoms with Gasteiger partial charge < -0.3 is 9.84 Å². The highest BCUT2D eigenvalue weighted by atomic mass is 35.5. The lowest BCUT2D eigenvalue weighted by Crippen LogP contribution is -2.63. The number of aliphatic hydroxyl groups excluding tert-OH is 1. The topological polar surface area (TPSA) is 80.7 Å². The van der Waals surface area contributed by atoms with Crippen LogP contribution in [0.15, 0.2) is 23.8 Å². The Bertz CT molecular complexity index is 877. The van der Waals surface area contributed by atoms with Crippen molar-refractivity contribution < 1.29 is 24.2 Å². The molecule has 0 bridgehead atoms. The van der Waals surface area contributed by atoms with Crippen LogP contribution in [0.5, 0.6) is 0 Å². The molecule has 0 aliphatic heterocycles. The summed E-state index contributed by atoms with van der Waals surface area (Å²) in [5.41, 5.74) is -1.12. The minimum Gasteiger partial charge on any atom is -0.450 e. The third-order valence-corrected chi connectivity index (χ3v) is 9.54. The van der Waals surface area contributed by atoms with Crippen LogP contribution in [0.3, 0.4) is 0 Å². The molecule has 8 atom stereocenters. The normalized spacial score (nSPS) is 45.9. The molecule has 1 N–H and O–H groups in total. The van der Waals surface area contributed by atoms with Gasteiger partial charge in [0.2, 0.25) is 5.78 Å². The van der Waals surface area contributed by atoms with E-state index in [2.05, 4.69) is 6.92 Å². The second kappa shape index (κ2) is 7.55. The molecule has 0 saturated heterocycles. The van der Waals surface area contributed by atoms with E-state index in [-0.39, 0.29) is 46.7 Å². The van der Waals surface area contributed by atoms with Crippen molar-refractivity contribution in [1.29, 1.82) is 0 Å². The third kappa shape index (κ3) is 2.95. The number of hydrogen-bond acceptors (Lipinski definition) is 5. The molecule has 5 nitrogen and oxygen atoms in total. The summed E-state index contributed by atoms with van der Waals surface area (Å²) in [6.45, 7) is 7.25. The van der Waals surface area contributed by atoms with Gasteiger partial charge >= 0.3 is 5.97 Å². The minimum atomic E-state index is -1.35. The van der Waals surface area contributed by atoms with Gasteiger partial charge in [-0.3, -0.25) is 14.4 Å². The Morgan fingerprint density at radius 2 is 2.03 bits per heavy atom. The van der Waals surface area contributed by atoms with E-state index in [1.165, 1.54) is 0 Å². The maximum atomic E-state index is 13.2. The molecule has 4 aliphatic carbocycles. The number of hydrogen-bond donors (Lipinski definition) is 1. The van der Waals surface area contributed by atoms with Crippen molar-refractivity contribution in [3.8, 4) is 0 Å². The Kier molecular flexibility index (Phi) is 5.54. The Morgan fingerprint density at radius 3 is 2.68 bits per heavy atom. The van der Waals surface area contributed by atoms with Crippen molar-refractivity contribution in [2.45, 2.75) is 70.8 Å². The molecule has 0 unspecified atom stereocenters. The van der Waals surface area contributed by atoms with Gasteiger partial charge in [-0.2, -0.15) is 0 Å². The fourth-order valence-electron chi connectivity index (χ4n) is 7.81. The van der Waals surface area contributed by atoms with Gasteiger partial charge in [-0.25, -0.2) is 0 Å². The third-order valence-electron chi connectivity index (χ3n) is 9.12. The first-order valence-corrected chi connectivity index (χ1v) is 11.9. The number of fused-ring (bicyclic) bond motifs is 5. The Hall–Kier alpha value is -1.46. The molecule has 170 valence electrons. The lowest BCUT2D eigenvalue weighted by atomic mass is 9.47. The highest BCUT2D eigenvalue weighted by molar-refractivity contribution is 6.21. The fourth-order valence-corrected chi connectivity index (χ4v) is 8.58. The van der Waals surface area contributed by atoms with Gasteiger partial charge in [0.15, 0.2) is 11.4 Å². The second-order valence-corrected chi connectivity index (χ2v) is 11.0. The molecule has 0 aromatic rings. The monoisotopic (exact) mass is 448 g/mol. The molecule has 4 rings (SSSR count). The van der Waals surface area contributed by atoms with Crippen molar-refractivity contribution in [2.75, 3.05) is 6.61 Å². The molecule has 0 aromatic heterocycles. The first-order chi connectivity index (χ1) is 14.5. The molecule has 0 heterocycles. The first kappa shape index (κ1) is 22.7. The van der Waals surface area contributed by atoms with E-state index in [1.54, 1.807) is 19.1 Å². The van der Waals surface area contributed by atoms with Gasteiger partial charge in [0.25, 0.3) is 0 Å². The Balaban J connectivity index is 1.80. The first-order valence-electron chi connectivity index (χ1n) is 11.5. The van der Waals surface area contributed by atoms with Crippen LogP contribution >= 0.6 is 11.6 Å². The summed E-state index contributed by atoms with van der Waals surface area (Å²) in [7, 11) is 0. The molecule has 6 heteroatoms. The summed E-state index contributed by atoms with van der Waals surface area (Å²) in [6, 6.07) is 0. The zero-order valence-electron chi connectivity index (χ0n) is 18.8. The predicted molar refractivity (Wildman–Crippen MR) is 117 cm³/mol. The summed E-state index contributed by atoms with van der Waals surface area (Å²) in [4.78, 5) is 37.7. The summed E-state index contributed by atoms with van der Waals surface area (Å²) < 4.78 is 5.98. The number of ketones is 2. The summed E-state index contributed by atoms with van der Waals surface area (Å²) >= 11 is 7.13. The molecular weight excluding hydrogens is 416 g/mol. The summed E-state index contributed by atoms with van der Waals surface area (Å²) in [6.07, 6.45) is 8.63. The maximum absolute atomic E-state index is 13.2. The quantitative estimate of drug-likeness (QED) is 0.519. The van der Waals surface area contributed by atoms with Crippen molar-refractivity contribution in [3.63, 3.8) is 0 Å². The molecule has 0 radical (unpaired) electrons. The molecule has 4 aliphatic rings. The van der Waals surface area contributed by atoms with Crippen molar-refractivity contribution in [3.05, 3.63) is 23.8 Å². The van der Waals surface area contributed by atoms with E-state index < -0.39 is 29.4 Å². The average molecular weight is 449 g/mol. The van der Waals surface area contributed by atoms with E-state index in [0.717, 1.165) is 24.8 Å². The average Bonchev–Trinajstić information content (AvgIpc) is 2.94. The SMILES string of the molecule is CCC(=O)O[C@]1(C(=O)CO)[C@@H](C)C[C@H]2[C@@H]3CCC4=CC(=O)C=C[C@]4(C)[C@H]3[C@@H](Cl)C[C@@]21C. The highest BCUT2D eigenvalue weighted by Crippen LogP contribution is 2.69. The van der Waals surface area contributed by atoms with Crippen LogP contribution in [0.4, 0.5) is 0 Å². The van der Waals surface area contributed by atoms with Gasteiger partial charge in [-0.15, -0.1) is 11.6 Å². The van der Waals surface area contributed by atoms with Crippen LogP contribution in [0.1, 0.15) is 59.8 Å². The number of allylic oxidation sites excluding steroid dienone is 4. The smallest absolute Gasteiger partial charge is 0.306 e. The van der Waals surface area contributed by atoms with Crippen molar-refractivity contribution >= 4 is 29.1 Å². The molecule has 3 saturated carbocycles. The number of carbonyl (C=O) groups is 3. The van der Waals surface area contributed by atoms with Crippen LogP contribution in [0.2, 0.25) is 0 Å². The van der Waals surface area contributed by atoms with Crippen LogP contribution in [0.25, 0.3) is 0 Å². The van der Waals surface area contributed by atoms with Crippen LogP contribution in [0, 0.1) is 34.5 Å². The van der Waals surface area contributed by atoms with E-state index in [9.17, 15) is 19.5 Å². The van der Waals surface area contributed by atoms with E-state index in [1.807, 2.05) is 19.9 Å². The molecule has 0 amide bonds. The van der Waals surface area contributed by atoms with Gasteiger partial charge in [-0.1, -0.05) is 39.3 Å². The second-order valence-electron chi connectivity index (χ2n) is 10.4. The number of halogens is 1.